The number of likely N-dealkylation sites (N-methyl/N-ethyl adjacent to an activating group) is 1. The van der Waals surface area contributed by atoms with Gasteiger partial charge in [-0.05, 0) is 74.5 Å². The summed E-state index contributed by atoms with van der Waals surface area (Å²) in [6.45, 7) is 0.872. The van der Waals surface area contributed by atoms with Crippen LogP contribution in [0.1, 0.15) is 27.9 Å². The first-order valence-corrected chi connectivity index (χ1v) is 9.59. The van der Waals surface area contributed by atoms with Crippen molar-refractivity contribution in [2.45, 2.75) is 12.8 Å². The molecule has 2 aromatic rings. The Balaban J connectivity index is 1.55. The van der Waals surface area contributed by atoms with E-state index >= 15 is 0 Å². The summed E-state index contributed by atoms with van der Waals surface area (Å²) in [5.41, 5.74) is 5.06. The molecule has 0 aliphatic heterocycles. The molecule has 6 heteroatoms. The molecular weight excluding hydrogens is 374 g/mol. The largest absolute Gasteiger partial charge is 0.343 e. The van der Waals surface area contributed by atoms with E-state index < -0.39 is 0 Å². The molecule has 2 amide bonds. The van der Waals surface area contributed by atoms with Gasteiger partial charge in [0.1, 0.15) is 0 Å². The number of aryl methyl sites for hydroxylation is 1. The number of carbonyl (C=O) groups is 2. The molecule has 0 aromatic heterocycles. The Hall–Kier alpha value is -2.63. The maximum atomic E-state index is 12.2. The average molecular weight is 398 g/mol. The third kappa shape index (κ3) is 5.44. The second kappa shape index (κ2) is 9.04. The van der Waals surface area contributed by atoms with Crippen molar-refractivity contribution in [1.29, 1.82) is 0 Å². The fourth-order valence-corrected chi connectivity index (χ4v) is 3.35. The fraction of sp³-hybridized carbons (Fsp3) is 0.273. The van der Waals surface area contributed by atoms with E-state index in [0.717, 1.165) is 25.1 Å². The highest BCUT2D eigenvalue weighted by atomic mass is 35.5. The van der Waals surface area contributed by atoms with Crippen molar-refractivity contribution in [3.63, 3.8) is 0 Å². The maximum Gasteiger partial charge on any atom is 0.251 e. The van der Waals surface area contributed by atoms with Gasteiger partial charge in [0.25, 0.3) is 5.91 Å². The van der Waals surface area contributed by atoms with Crippen LogP contribution >= 0.6 is 11.6 Å². The molecule has 0 bridgehead atoms. The van der Waals surface area contributed by atoms with Gasteiger partial charge in [-0.2, -0.15) is 0 Å². The van der Waals surface area contributed by atoms with Crippen molar-refractivity contribution in [2.24, 2.45) is 0 Å². The summed E-state index contributed by atoms with van der Waals surface area (Å²) >= 11 is 5.81. The van der Waals surface area contributed by atoms with Crippen LogP contribution in [0.15, 0.2) is 48.0 Å². The molecule has 146 valence electrons. The minimum Gasteiger partial charge on any atom is -0.343 e. The van der Waals surface area contributed by atoms with Gasteiger partial charge >= 0.3 is 0 Å². The maximum absolute atomic E-state index is 12.2. The Morgan fingerprint density at radius 2 is 1.82 bits per heavy atom. The van der Waals surface area contributed by atoms with Gasteiger partial charge in [-0.25, -0.2) is 0 Å². The highest BCUT2D eigenvalue weighted by Crippen LogP contribution is 2.26. The summed E-state index contributed by atoms with van der Waals surface area (Å²) in [7, 11) is 4.14. The molecule has 28 heavy (non-hydrogen) atoms. The van der Waals surface area contributed by atoms with E-state index in [-0.39, 0.29) is 18.4 Å². The zero-order valence-corrected chi connectivity index (χ0v) is 16.8. The molecule has 0 saturated heterocycles. The normalized spacial score (nSPS) is 12.9. The lowest BCUT2D eigenvalue weighted by Crippen LogP contribution is -2.32. The van der Waals surface area contributed by atoms with E-state index in [9.17, 15) is 9.59 Å². The quantitative estimate of drug-likeness (QED) is 0.782. The van der Waals surface area contributed by atoms with Gasteiger partial charge in [-0.15, -0.1) is 0 Å². The number of hydrogen-bond acceptors (Lipinski definition) is 3. The number of benzene rings is 2. The summed E-state index contributed by atoms with van der Waals surface area (Å²) in [4.78, 5) is 26.4. The summed E-state index contributed by atoms with van der Waals surface area (Å²) in [6.07, 6.45) is 4.22. The van der Waals surface area contributed by atoms with Crippen molar-refractivity contribution < 1.29 is 9.59 Å². The van der Waals surface area contributed by atoms with Crippen molar-refractivity contribution >= 4 is 35.2 Å². The second-order valence-electron chi connectivity index (χ2n) is 7.19. The lowest BCUT2D eigenvalue weighted by molar-refractivity contribution is -0.115. The third-order valence-electron chi connectivity index (χ3n) is 4.54. The molecule has 1 aliphatic rings. The van der Waals surface area contributed by atoms with Crippen LogP contribution in [-0.2, 0) is 11.2 Å². The van der Waals surface area contributed by atoms with E-state index in [0.29, 0.717) is 10.6 Å². The Bertz CT molecular complexity index is 904. The van der Waals surface area contributed by atoms with Crippen LogP contribution in [-0.4, -0.2) is 43.9 Å². The molecule has 1 aliphatic carbocycles. The van der Waals surface area contributed by atoms with Gasteiger partial charge in [0.05, 0.1) is 6.54 Å². The summed E-state index contributed by atoms with van der Waals surface area (Å²) in [6, 6.07) is 12.5. The third-order valence-corrected chi connectivity index (χ3v) is 4.79. The predicted molar refractivity (Wildman–Crippen MR) is 114 cm³/mol. The molecule has 0 spiro atoms. The van der Waals surface area contributed by atoms with Gasteiger partial charge in [0, 0.05) is 22.8 Å². The van der Waals surface area contributed by atoms with Crippen LogP contribution in [0, 0.1) is 0 Å². The number of nitrogens with zero attached hydrogens (tertiary/aromatic N) is 1. The molecule has 2 N–H and O–H groups in total. The fourth-order valence-electron chi connectivity index (χ4n) is 3.23. The van der Waals surface area contributed by atoms with Gasteiger partial charge in [0.2, 0.25) is 5.91 Å². The topological polar surface area (TPSA) is 61.4 Å². The first-order chi connectivity index (χ1) is 13.4. The number of fused-ring (bicyclic) bond motifs is 1. The molecule has 0 atom stereocenters. The highest BCUT2D eigenvalue weighted by Gasteiger charge is 2.13. The summed E-state index contributed by atoms with van der Waals surface area (Å²) in [5, 5.41) is 6.02. The zero-order chi connectivity index (χ0) is 20.1. The average Bonchev–Trinajstić information content (AvgIpc) is 2.66. The summed E-state index contributed by atoms with van der Waals surface area (Å²) < 4.78 is 0. The van der Waals surface area contributed by atoms with Crippen LogP contribution in [0.5, 0.6) is 0 Å². The minimum absolute atomic E-state index is 0.0918. The number of hydrogen-bond donors (Lipinski definition) is 2. The first-order valence-electron chi connectivity index (χ1n) is 9.21. The van der Waals surface area contributed by atoms with E-state index in [1.807, 2.05) is 18.2 Å². The Morgan fingerprint density at radius 1 is 1.07 bits per heavy atom. The van der Waals surface area contributed by atoms with Crippen LogP contribution < -0.4 is 10.6 Å². The van der Waals surface area contributed by atoms with E-state index in [1.165, 1.54) is 16.7 Å². The van der Waals surface area contributed by atoms with Crippen LogP contribution in [0.2, 0.25) is 5.02 Å². The van der Waals surface area contributed by atoms with Crippen molar-refractivity contribution in [2.75, 3.05) is 32.5 Å². The standard InChI is InChI=1S/C22H24ClN3O2/c1-26(2)14-15-3-4-18-12-20(10-7-17(18)11-15)25-21(27)13-24-22(28)16-5-8-19(23)9-6-16/h5-12H,3-4,13-14H2,1-2H3,(H,24,28)(H,25,27). The van der Waals surface area contributed by atoms with Crippen molar-refractivity contribution in [1.82, 2.24) is 10.2 Å². The Labute approximate surface area is 170 Å². The predicted octanol–water partition coefficient (Wildman–Crippen LogP) is 3.60. The van der Waals surface area contributed by atoms with E-state index in [1.54, 1.807) is 24.3 Å². The minimum atomic E-state index is -0.309. The molecule has 0 heterocycles. The Kier molecular flexibility index (Phi) is 6.49. The molecule has 0 fully saturated rings. The molecular formula is C22H24ClN3O2. The number of halogens is 1. The lowest BCUT2D eigenvalue weighted by Gasteiger charge is -2.20. The lowest BCUT2D eigenvalue weighted by atomic mass is 9.91. The van der Waals surface area contributed by atoms with Gasteiger partial charge in [-0.1, -0.05) is 29.3 Å². The van der Waals surface area contributed by atoms with Gasteiger partial charge in [-0.3, -0.25) is 9.59 Å². The monoisotopic (exact) mass is 397 g/mol. The molecule has 3 rings (SSSR count). The number of anilines is 1. The highest BCUT2D eigenvalue weighted by molar-refractivity contribution is 6.30. The second-order valence-corrected chi connectivity index (χ2v) is 7.63. The van der Waals surface area contributed by atoms with Crippen LogP contribution in [0.3, 0.4) is 0 Å². The zero-order valence-electron chi connectivity index (χ0n) is 16.1. The number of amides is 2. The number of nitrogens with one attached hydrogen (secondary N) is 2. The van der Waals surface area contributed by atoms with Crippen LogP contribution in [0.4, 0.5) is 5.69 Å². The summed E-state index contributed by atoms with van der Waals surface area (Å²) in [5.74, 6) is -0.572. The molecule has 0 unspecified atom stereocenters. The van der Waals surface area contributed by atoms with Crippen molar-refractivity contribution in [3.05, 3.63) is 69.8 Å². The van der Waals surface area contributed by atoms with E-state index in [2.05, 4.69) is 35.7 Å². The van der Waals surface area contributed by atoms with Gasteiger partial charge < -0.3 is 15.5 Å². The number of carbonyl (C=O) groups excluding carboxylic acids is 2. The number of rotatable bonds is 6. The molecule has 0 saturated carbocycles. The Morgan fingerprint density at radius 3 is 2.54 bits per heavy atom. The molecule has 0 radical (unpaired) electrons. The van der Waals surface area contributed by atoms with Crippen LogP contribution in [0.25, 0.3) is 6.08 Å². The van der Waals surface area contributed by atoms with Crippen molar-refractivity contribution in [3.8, 4) is 0 Å². The molecule has 2 aromatic carbocycles. The molecule has 5 nitrogen and oxygen atoms in total. The SMILES string of the molecule is CN(C)CC1=Cc2ccc(NC(=O)CNC(=O)c3ccc(Cl)cc3)cc2CC1. The van der Waals surface area contributed by atoms with Gasteiger partial charge in [0.15, 0.2) is 0 Å². The van der Waals surface area contributed by atoms with E-state index in [4.69, 9.17) is 11.6 Å². The smallest absolute Gasteiger partial charge is 0.251 e. The first kappa shape index (κ1) is 20.1.